The Morgan fingerprint density at radius 1 is 1.11 bits per heavy atom. The summed E-state index contributed by atoms with van der Waals surface area (Å²) in [7, 11) is 0. The van der Waals surface area contributed by atoms with Crippen LogP contribution in [0.1, 0.15) is 33.2 Å². The number of carbonyl (C=O) groups excluding carboxylic acids is 1. The normalized spacial score (nSPS) is 12.2. The largest absolute Gasteiger partial charge is 0.380 e. The molecule has 0 radical (unpaired) electrons. The second-order valence-electron chi connectivity index (χ2n) is 4.60. The highest BCUT2D eigenvalue weighted by atomic mass is 35.5. The Labute approximate surface area is 117 Å². The van der Waals surface area contributed by atoms with Crippen molar-refractivity contribution in [3.63, 3.8) is 0 Å². The van der Waals surface area contributed by atoms with E-state index >= 15 is 0 Å². The van der Waals surface area contributed by atoms with E-state index in [0.29, 0.717) is 16.1 Å². The van der Waals surface area contributed by atoms with Gasteiger partial charge in [0.15, 0.2) is 5.78 Å². The summed E-state index contributed by atoms with van der Waals surface area (Å²) < 4.78 is 0. The fourth-order valence-electron chi connectivity index (χ4n) is 2.03. The standard InChI is InChI=1S/C16H15ClO2/c1-10-8-13(9-11(2)14(10)17)16(19)15(18)12-6-4-3-5-7-12/h3-9,15,18H,1-2H3. The lowest BCUT2D eigenvalue weighted by molar-refractivity contribution is 0.0747. The zero-order chi connectivity index (χ0) is 14.0. The van der Waals surface area contributed by atoms with E-state index in [9.17, 15) is 9.90 Å². The van der Waals surface area contributed by atoms with Crippen molar-refractivity contribution in [3.05, 3.63) is 69.7 Å². The average molecular weight is 275 g/mol. The number of aliphatic hydroxyl groups is 1. The summed E-state index contributed by atoms with van der Waals surface area (Å²) >= 11 is 6.08. The molecular weight excluding hydrogens is 260 g/mol. The van der Waals surface area contributed by atoms with Gasteiger partial charge in [-0.05, 0) is 42.7 Å². The molecule has 2 rings (SSSR count). The molecule has 1 atom stereocenters. The van der Waals surface area contributed by atoms with E-state index in [4.69, 9.17) is 11.6 Å². The molecule has 2 nitrogen and oxygen atoms in total. The van der Waals surface area contributed by atoms with Crippen LogP contribution in [-0.4, -0.2) is 10.9 Å². The molecule has 0 spiro atoms. The third-order valence-electron chi connectivity index (χ3n) is 3.08. The summed E-state index contributed by atoms with van der Waals surface area (Å²) in [6.45, 7) is 3.70. The van der Waals surface area contributed by atoms with Crippen LogP contribution in [0.2, 0.25) is 5.02 Å². The van der Waals surface area contributed by atoms with Crippen molar-refractivity contribution in [2.45, 2.75) is 20.0 Å². The lowest BCUT2D eigenvalue weighted by Gasteiger charge is -2.12. The number of benzene rings is 2. The molecular formula is C16H15ClO2. The van der Waals surface area contributed by atoms with Gasteiger partial charge in [0.25, 0.3) is 0 Å². The second-order valence-corrected chi connectivity index (χ2v) is 4.98. The minimum Gasteiger partial charge on any atom is -0.380 e. The maximum Gasteiger partial charge on any atom is 0.195 e. The fraction of sp³-hybridized carbons (Fsp3) is 0.188. The van der Waals surface area contributed by atoms with Crippen LogP contribution in [0.5, 0.6) is 0 Å². The molecule has 3 heteroatoms. The van der Waals surface area contributed by atoms with Gasteiger partial charge in [-0.15, -0.1) is 0 Å². The van der Waals surface area contributed by atoms with Crippen molar-refractivity contribution < 1.29 is 9.90 Å². The minimum atomic E-state index is -1.14. The zero-order valence-electron chi connectivity index (χ0n) is 10.9. The van der Waals surface area contributed by atoms with E-state index in [1.165, 1.54) is 0 Å². The number of aryl methyl sites for hydroxylation is 2. The number of hydrogen-bond donors (Lipinski definition) is 1. The van der Waals surface area contributed by atoms with Crippen molar-refractivity contribution >= 4 is 17.4 Å². The highest BCUT2D eigenvalue weighted by Crippen LogP contribution is 2.25. The number of hydrogen-bond acceptors (Lipinski definition) is 2. The number of Topliss-reactive ketones (excluding diaryl/α,β-unsaturated/α-hetero) is 1. The third kappa shape index (κ3) is 2.86. The molecule has 0 bridgehead atoms. The molecule has 0 saturated carbocycles. The van der Waals surface area contributed by atoms with E-state index in [2.05, 4.69) is 0 Å². The Morgan fingerprint density at radius 3 is 2.16 bits per heavy atom. The average Bonchev–Trinajstić information content (AvgIpc) is 2.43. The van der Waals surface area contributed by atoms with Gasteiger partial charge in [0, 0.05) is 10.6 Å². The van der Waals surface area contributed by atoms with Crippen LogP contribution >= 0.6 is 11.6 Å². The molecule has 0 aliphatic rings. The van der Waals surface area contributed by atoms with Crippen LogP contribution in [0.3, 0.4) is 0 Å². The smallest absolute Gasteiger partial charge is 0.195 e. The Morgan fingerprint density at radius 2 is 1.63 bits per heavy atom. The van der Waals surface area contributed by atoms with Gasteiger partial charge in [-0.1, -0.05) is 41.9 Å². The molecule has 0 amide bonds. The lowest BCUT2D eigenvalue weighted by atomic mass is 9.97. The molecule has 98 valence electrons. The first kappa shape index (κ1) is 13.8. The first-order valence-electron chi connectivity index (χ1n) is 6.04. The molecule has 0 aromatic heterocycles. The molecule has 1 unspecified atom stereocenters. The fourth-order valence-corrected chi connectivity index (χ4v) is 2.14. The Hall–Kier alpha value is -1.64. The van der Waals surface area contributed by atoms with Gasteiger partial charge in [-0.2, -0.15) is 0 Å². The molecule has 0 saturated heterocycles. The molecule has 1 N–H and O–H groups in total. The van der Waals surface area contributed by atoms with Crippen LogP contribution in [0, 0.1) is 13.8 Å². The Balaban J connectivity index is 2.35. The number of aliphatic hydroxyl groups excluding tert-OH is 1. The van der Waals surface area contributed by atoms with E-state index in [-0.39, 0.29) is 5.78 Å². The zero-order valence-corrected chi connectivity index (χ0v) is 11.6. The molecule has 0 heterocycles. The molecule has 0 fully saturated rings. The van der Waals surface area contributed by atoms with Crippen LogP contribution in [-0.2, 0) is 0 Å². The van der Waals surface area contributed by atoms with Crippen molar-refractivity contribution in [3.8, 4) is 0 Å². The summed E-state index contributed by atoms with van der Waals surface area (Å²) in [6, 6.07) is 12.3. The van der Waals surface area contributed by atoms with Crippen LogP contribution in [0.15, 0.2) is 42.5 Å². The molecule has 2 aromatic carbocycles. The van der Waals surface area contributed by atoms with E-state index < -0.39 is 6.10 Å². The van der Waals surface area contributed by atoms with Crippen molar-refractivity contribution in [2.24, 2.45) is 0 Å². The summed E-state index contributed by atoms with van der Waals surface area (Å²) in [4.78, 5) is 12.3. The summed E-state index contributed by atoms with van der Waals surface area (Å²) in [5.41, 5.74) is 2.75. The monoisotopic (exact) mass is 274 g/mol. The first-order chi connectivity index (χ1) is 9.00. The van der Waals surface area contributed by atoms with Crippen LogP contribution in [0.4, 0.5) is 0 Å². The number of rotatable bonds is 3. The second kappa shape index (κ2) is 5.55. The van der Waals surface area contributed by atoms with Gasteiger partial charge in [-0.3, -0.25) is 4.79 Å². The lowest BCUT2D eigenvalue weighted by Crippen LogP contribution is -2.12. The van der Waals surface area contributed by atoms with Crippen LogP contribution in [0.25, 0.3) is 0 Å². The third-order valence-corrected chi connectivity index (χ3v) is 3.68. The molecule has 19 heavy (non-hydrogen) atoms. The van der Waals surface area contributed by atoms with Gasteiger partial charge in [0.2, 0.25) is 0 Å². The Kier molecular flexibility index (Phi) is 4.03. The maximum atomic E-state index is 12.3. The van der Waals surface area contributed by atoms with Gasteiger partial charge in [0.1, 0.15) is 6.10 Å². The van der Waals surface area contributed by atoms with Gasteiger partial charge >= 0.3 is 0 Å². The summed E-state index contributed by atoms with van der Waals surface area (Å²) in [5.74, 6) is -0.311. The number of ketones is 1. The van der Waals surface area contributed by atoms with E-state index in [1.807, 2.05) is 19.9 Å². The molecule has 2 aromatic rings. The predicted molar refractivity (Wildman–Crippen MR) is 76.7 cm³/mol. The van der Waals surface area contributed by atoms with Crippen LogP contribution < -0.4 is 0 Å². The molecule has 0 aliphatic carbocycles. The maximum absolute atomic E-state index is 12.3. The first-order valence-corrected chi connectivity index (χ1v) is 6.42. The van der Waals surface area contributed by atoms with Crippen molar-refractivity contribution in [1.29, 1.82) is 0 Å². The van der Waals surface area contributed by atoms with Crippen molar-refractivity contribution in [1.82, 2.24) is 0 Å². The summed E-state index contributed by atoms with van der Waals surface area (Å²) in [6.07, 6.45) is -1.14. The highest BCUT2D eigenvalue weighted by molar-refractivity contribution is 6.32. The van der Waals surface area contributed by atoms with Gasteiger partial charge in [-0.25, -0.2) is 0 Å². The highest BCUT2D eigenvalue weighted by Gasteiger charge is 2.20. The number of carbonyl (C=O) groups is 1. The van der Waals surface area contributed by atoms with Gasteiger partial charge in [0.05, 0.1) is 0 Å². The van der Waals surface area contributed by atoms with E-state index in [1.54, 1.807) is 36.4 Å². The number of halogens is 1. The quantitative estimate of drug-likeness (QED) is 0.863. The minimum absolute atomic E-state index is 0.311. The van der Waals surface area contributed by atoms with Gasteiger partial charge < -0.3 is 5.11 Å². The SMILES string of the molecule is Cc1cc(C(=O)C(O)c2ccccc2)cc(C)c1Cl. The topological polar surface area (TPSA) is 37.3 Å². The Bertz CT molecular complexity index is 582. The van der Waals surface area contributed by atoms with Crippen molar-refractivity contribution in [2.75, 3.05) is 0 Å². The van der Waals surface area contributed by atoms with E-state index in [0.717, 1.165) is 11.1 Å². The predicted octanol–water partition coefficient (Wildman–Crippen LogP) is 3.87. The molecule has 0 aliphatic heterocycles. The summed E-state index contributed by atoms with van der Waals surface area (Å²) in [5, 5.41) is 10.8.